The van der Waals surface area contributed by atoms with Gasteiger partial charge in [-0.1, -0.05) is 29.5 Å². The van der Waals surface area contributed by atoms with Crippen molar-refractivity contribution in [2.24, 2.45) is 17.3 Å². The average molecular weight is 394 g/mol. The highest BCUT2D eigenvalue weighted by Gasteiger charge is 2.75. The van der Waals surface area contributed by atoms with Crippen LogP contribution in [0.2, 0.25) is 0 Å². The lowest BCUT2D eigenvalue weighted by Crippen LogP contribution is -2.45. The van der Waals surface area contributed by atoms with Gasteiger partial charge in [0, 0.05) is 11.8 Å². The molecule has 1 aliphatic heterocycles. The van der Waals surface area contributed by atoms with E-state index in [1.165, 1.54) is 0 Å². The van der Waals surface area contributed by atoms with Gasteiger partial charge in [0.2, 0.25) is 0 Å². The highest BCUT2D eigenvalue weighted by molar-refractivity contribution is 14.1. The summed E-state index contributed by atoms with van der Waals surface area (Å²) in [6.45, 7) is 1.89. The van der Waals surface area contributed by atoms with Crippen LogP contribution >= 0.6 is 22.6 Å². The molecule has 2 aliphatic carbocycles. The summed E-state index contributed by atoms with van der Waals surface area (Å²) < 4.78 is 10.5. The maximum absolute atomic E-state index is 11.9. The zero-order valence-corrected chi connectivity index (χ0v) is 13.0. The SMILES string of the molecule is CCC(I)C(=O)OC1C2CC3C1OC(=O)C3(C(=O)O)C2. The molecule has 0 radical (unpaired) electrons. The van der Waals surface area contributed by atoms with Crippen LogP contribution in [0.1, 0.15) is 26.2 Å². The second-order valence-corrected chi connectivity index (χ2v) is 7.23. The molecule has 0 spiro atoms. The minimum atomic E-state index is -1.40. The summed E-state index contributed by atoms with van der Waals surface area (Å²) in [5, 5.41) is 9.37. The van der Waals surface area contributed by atoms with Crippen molar-refractivity contribution >= 4 is 40.5 Å². The number of fused-ring (bicyclic) bond motifs is 1. The maximum Gasteiger partial charge on any atom is 0.324 e. The molecular weight excluding hydrogens is 379 g/mol. The Kier molecular flexibility index (Phi) is 3.22. The lowest BCUT2D eigenvalue weighted by Gasteiger charge is -2.29. The van der Waals surface area contributed by atoms with E-state index in [0.717, 1.165) is 0 Å². The molecule has 0 aromatic carbocycles. The first-order valence-corrected chi connectivity index (χ1v) is 7.95. The number of alkyl halides is 1. The normalized spacial score (nSPS) is 42.4. The number of rotatable bonds is 4. The first-order valence-electron chi connectivity index (χ1n) is 6.70. The third-order valence-electron chi connectivity index (χ3n) is 4.81. The van der Waals surface area contributed by atoms with E-state index < -0.39 is 29.6 Å². The lowest BCUT2D eigenvalue weighted by molar-refractivity contribution is -0.162. The molecule has 1 heterocycles. The smallest absolute Gasteiger partial charge is 0.324 e. The number of hydrogen-bond donors (Lipinski definition) is 1. The number of carboxylic acid groups (broad SMARTS) is 1. The standard InChI is InChI=1S/C13H15IO6/c1-2-7(14)10(15)19-8-5-3-6-9(8)20-12(18)13(6,4-5)11(16)17/h5-9H,2-4H2,1H3,(H,16,17). The van der Waals surface area contributed by atoms with Crippen molar-refractivity contribution in [1.29, 1.82) is 0 Å². The van der Waals surface area contributed by atoms with E-state index in [2.05, 4.69) is 0 Å². The summed E-state index contributed by atoms with van der Waals surface area (Å²) in [5.41, 5.74) is -1.40. The fraction of sp³-hybridized carbons (Fsp3) is 0.769. The Morgan fingerprint density at radius 3 is 2.90 bits per heavy atom. The van der Waals surface area contributed by atoms with Crippen molar-refractivity contribution < 1.29 is 29.0 Å². The van der Waals surface area contributed by atoms with Gasteiger partial charge in [0.25, 0.3) is 0 Å². The fourth-order valence-corrected chi connectivity index (χ4v) is 3.97. The first-order chi connectivity index (χ1) is 9.41. The van der Waals surface area contributed by atoms with Gasteiger partial charge < -0.3 is 14.6 Å². The summed E-state index contributed by atoms with van der Waals surface area (Å²) in [4.78, 5) is 35.3. The van der Waals surface area contributed by atoms with Crippen molar-refractivity contribution in [3.05, 3.63) is 0 Å². The molecule has 1 saturated heterocycles. The van der Waals surface area contributed by atoms with Crippen molar-refractivity contribution in [2.75, 3.05) is 0 Å². The highest BCUT2D eigenvalue weighted by atomic mass is 127. The number of carbonyl (C=O) groups excluding carboxylic acids is 2. The largest absolute Gasteiger partial charge is 0.480 e. The summed E-state index contributed by atoms with van der Waals surface area (Å²) >= 11 is 2.02. The number of ether oxygens (including phenoxy) is 2. The number of esters is 2. The van der Waals surface area contributed by atoms with Crippen molar-refractivity contribution in [3.8, 4) is 0 Å². The van der Waals surface area contributed by atoms with Crippen LogP contribution in [0.4, 0.5) is 0 Å². The minimum absolute atomic E-state index is 0.0862. The van der Waals surface area contributed by atoms with Gasteiger partial charge in [-0.05, 0) is 19.3 Å². The Morgan fingerprint density at radius 2 is 2.30 bits per heavy atom. The molecule has 2 saturated carbocycles. The van der Waals surface area contributed by atoms with Crippen molar-refractivity contribution in [1.82, 2.24) is 0 Å². The molecule has 1 N–H and O–H groups in total. The second-order valence-electron chi connectivity index (χ2n) is 5.73. The molecule has 0 aromatic heterocycles. The molecule has 110 valence electrons. The van der Waals surface area contributed by atoms with E-state index in [9.17, 15) is 19.5 Å². The van der Waals surface area contributed by atoms with Crippen molar-refractivity contribution in [3.63, 3.8) is 0 Å². The van der Waals surface area contributed by atoms with Gasteiger partial charge in [0.1, 0.15) is 16.1 Å². The van der Waals surface area contributed by atoms with Gasteiger partial charge in [-0.15, -0.1) is 0 Å². The fourth-order valence-electron chi connectivity index (χ4n) is 3.82. The van der Waals surface area contributed by atoms with Crippen LogP contribution in [0.5, 0.6) is 0 Å². The Morgan fingerprint density at radius 1 is 1.60 bits per heavy atom. The minimum Gasteiger partial charge on any atom is -0.480 e. The number of aliphatic carboxylic acids is 1. The predicted octanol–water partition coefficient (Wildman–Crippen LogP) is 1.15. The summed E-state index contributed by atoms with van der Waals surface area (Å²) in [7, 11) is 0. The number of carboxylic acids is 1. The molecule has 7 heteroatoms. The number of hydrogen-bond acceptors (Lipinski definition) is 5. The molecule has 6 unspecified atom stereocenters. The van der Waals surface area contributed by atoms with E-state index >= 15 is 0 Å². The predicted molar refractivity (Wildman–Crippen MR) is 74.1 cm³/mol. The van der Waals surface area contributed by atoms with Crippen LogP contribution in [0.15, 0.2) is 0 Å². The molecule has 6 atom stereocenters. The Balaban J connectivity index is 1.80. The quantitative estimate of drug-likeness (QED) is 0.333. The summed E-state index contributed by atoms with van der Waals surface area (Å²) in [6.07, 6.45) is 0.415. The monoisotopic (exact) mass is 394 g/mol. The van der Waals surface area contributed by atoms with Gasteiger partial charge in [-0.2, -0.15) is 0 Å². The zero-order chi connectivity index (χ0) is 14.7. The van der Waals surface area contributed by atoms with Crippen LogP contribution in [-0.4, -0.2) is 39.1 Å². The van der Waals surface area contributed by atoms with E-state index in [4.69, 9.17) is 9.47 Å². The highest BCUT2D eigenvalue weighted by Crippen LogP contribution is 2.62. The molecule has 3 aliphatic rings. The summed E-state index contributed by atoms with van der Waals surface area (Å²) in [6, 6.07) is 0. The van der Waals surface area contributed by atoms with Crippen LogP contribution in [0.3, 0.4) is 0 Å². The second kappa shape index (κ2) is 4.57. The third-order valence-corrected chi connectivity index (χ3v) is 6.20. The number of halogens is 1. The van der Waals surface area contributed by atoms with E-state index in [1.807, 2.05) is 29.5 Å². The lowest BCUT2D eigenvalue weighted by atomic mass is 9.73. The Labute approximate surface area is 129 Å². The molecule has 0 aromatic rings. The first kappa shape index (κ1) is 14.1. The van der Waals surface area contributed by atoms with Gasteiger partial charge in [0.05, 0.1) is 0 Å². The molecule has 3 fully saturated rings. The van der Waals surface area contributed by atoms with Crippen LogP contribution in [0.25, 0.3) is 0 Å². The van der Waals surface area contributed by atoms with Crippen LogP contribution < -0.4 is 0 Å². The van der Waals surface area contributed by atoms with Crippen LogP contribution in [-0.2, 0) is 23.9 Å². The topological polar surface area (TPSA) is 89.9 Å². The zero-order valence-electron chi connectivity index (χ0n) is 10.9. The van der Waals surface area contributed by atoms with Crippen molar-refractivity contribution in [2.45, 2.75) is 42.3 Å². The molecular formula is C13H15IO6. The van der Waals surface area contributed by atoms with Gasteiger partial charge in [-0.25, -0.2) is 0 Å². The van der Waals surface area contributed by atoms with Gasteiger partial charge in [-0.3, -0.25) is 14.4 Å². The van der Waals surface area contributed by atoms with Crippen LogP contribution in [0, 0.1) is 17.3 Å². The average Bonchev–Trinajstić information content (AvgIpc) is 2.99. The third kappa shape index (κ3) is 1.64. The molecule has 2 bridgehead atoms. The molecule has 3 rings (SSSR count). The molecule has 20 heavy (non-hydrogen) atoms. The van der Waals surface area contributed by atoms with Gasteiger partial charge >= 0.3 is 17.9 Å². The Bertz CT molecular complexity index is 491. The summed E-state index contributed by atoms with van der Waals surface area (Å²) in [5.74, 6) is -2.53. The molecule has 6 nitrogen and oxygen atoms in total. The Hall–Kier alpha value is -0.860. The maximum atomic E-state index is 11.9. The number of carbonyl (C=O) groups is 3. The van der Waals surface area contributed by atoms with E-state index in [-0.39, 0.29) is 28.2 Å². The van der Waals surface area contributed by atoms with Gasteiger partial charge in [0.15, 0.2) is 5.41 Å². The molecule has 0 amide bonds. The van der Waals surface area contributed by atoms with E-state index in [0.29, 0.717) is 12.8 Å². The van der Waals surface area contributed by atoms with E-state index in [1.54, 1.807) is 0 Å².